The van der Waals surface area contributed by atoms with Crippen molar-refractivity contribution in [3.8, 4) is 11.8 Å². The average Bonchev–Trinajstić information content (AvgIpc) is 3.04. The SMILES string of the molecule is CC(C)(O)C#Cc1ccc(C(=O)N2CCC[C@@H]2C(=O)O)s1. The van der Waals surface area contributed by atoms with Crippen molar-refractivity contribution in [1.29, 1.82) is 0 Å². The number of hydrogen-bond acceptors (Lipinski definition) is 4. The van der Waals surface area contributed by atoms with E-state index in [0.29, 0.717) is 29.1 Å². The van der Waals surface area contributed by atoms with Crippen LogP contribution in [0.1, 0.15) is 41.2 Å². The van der Waals surface area contributed by atoms with E-state index < -0.39 is 17.6 Å². The van der Waals surface area contributed by atoms with Gasteiger partial charge in [-0.2, -0.15) is 0 Å². The van der Waals surface area contributed by atoms with Gasteiger partial charge < -0.3 is 15.1 Å². The number of hydrogen-bond donors (Lipinski definition) is 2. The summed E-state index contributed by atoms with van der Waals surface area (Å²) < 4.78 is 0. The molecule has 1 atom stereocenters. The molecule has 0 unspecified atom stereocenters. The molecule has 0 spiro atoms. The molecule has 1 aliphatic rings. The number of rotatable bonds is 2. The number of aliphatic carboxylic acids is 1. The van der Waals surface area contributed by atoms with Crippen molar-refractivity contribution in [1.82, 2.24) is 4.90 Å². The summed E-state index contributed by atoms with van der Waals surface area (Å²) in [4.78, 5) is 26.0. The Hall–Kier alpha value is -1.84. The summed E-state index contributed by atoms with van der Waals surface area (Å²) >= 11 is 1.21. The molecule has 0 bridgehead atoms. The van der Waals surface area contributed by atoms with Gasteiger partial charge in [-0.15, -0.1) is 11.3 Å². The normalized spacial score (nSPS) is 18.2. The molecule has 0 aliphatic carbocycles. The molecule has 1 amide bonds. The molecule has 0 radical (unpaired) electrons. The predicted octanol–water partition coefficient (Wildman–Crippen LogP) is 1.56. The van der Waals surface area contributed by atoms with Gasteiger partial charge in [-0.3, -0.25) is 4.79 Å². The second-order valence-electron chi connectivity index (χ2n) is 5.47. The quantitative estimate of drug-likeness (QED) is 0.813. The maximum atomic E-state index is 12.4. The first-order chi connectivity index (χ1) is 9.78. The summed E-state index contributed by atoms with van der Waals surface area (Å²) in [6.07, 6.45) is 1.21. The van der Waals surface area contributed by atoms with Gasteiger partial charge in [0.15, 0.2) is 0 Å². The van der Waals surface area contributed by atoms with Gasteiger partial charge in [0, 0.05) is 6.54 Å². The van der Waals surface area contributed by atoms with E-state index in [1.54, 1.807) is 26.0 Å². The molecule has 2 heterocycles. The minimum absolute atomic E-state index is 0.263. The number of carboxylic acids is 1. The first-order valence-electron chi connectivity index (χ1n) is 6.67. The second kappa shape index (κ2) is 5.88. The molecule has 0 aromatic carbocycles. The van der Waals surface area contributed by atoms with Crippen LogP contribution in [0.5, 0.6) is 0 Å². The first kappa shape index (κ1) is 15.5. The summed E-state index contributed by atoms with van der Waals surface area (Å²) in [7, 11) is 0. The number of carboxylic acid groups (broad SMARTS) is 1. The molecule has 0 saturated carbocycles. The fourth-order valence-corrected chi connectivity index (χ4v) is 2.96. The van der Waals surface area contributed by atoms with E-state index in [1.807, 2.05) is 0 Å². The van der Waals surface area contributed by atoms with Crippen LogP contribution in [0.2, 0.25) is 0 Å². The Bertz CT molecular complexity index is 618. The highest BCUT2D eigenvalue weighted by Gasteiger charge is 2.34. The van der Waals surface area contributed by atoms with Gasteiger partial charge in [0.1, 0.15) is 11.6 Å². The lowest BCUT2D eigenvalue weighted by molar-refractivity contribution is -0.141. The van der Waals surface area contributed by atoms with Gasteiger partial charge in [-0.25, -0.2) is 4.79 Å². The summed E-state index contributed by atoms with van der Waals surface area (Å²) in [5.74, 6) is 4.28. The highest BCUT2D eigenvalue weighted by molar-refractivity contribution is 7.14. The largest absolute Gasteiger partial charge is 0.480 e. The zero-order valence-corrected chi connectivity index (χ0v) is 12.7. The van der Waals surface area contributed by atoms with Gasteiger partial charge >= 0.3 is 5.97 Å². The molecular weight excluding hydrogens is 290 g/mol. The van der Waals surface area contributed by atoms with Crippen molar-refractivity contribution in [3.63, 3.8) is 0 Å². The third kappa shape index (κ3) is 3.84. The lowest BCUT2D eigenvalue weighted by atomic mass is 10.1. The van der Waals surface area contributed by atoms with E-state index in [4.69, 9.17) is 5.11 Å². The second-order valence-corrected chi connectivity index (χ2v) is 6.55. The molecule has 112 valence electrons. The maximum Gasteiger partial charge on any atom is 0.326 e. The molecule has 1 aromatic heterocycles. The third-order valence-electron chi connectivity index (χ3n) is 3.11. The van der Waals surface area contributed by atoms with E-state index in [2.05, 4.69) is 11.8 Å². The van der Waals surface area contributed by atoms with Crippen LogP contribution < -0.4 is 0 Å². The molecular formula is C15H17NO4S. The van der Waals surface area contributed by atoms with E-state index >= 15 is 0 Å². The van der Waals surface area contributed by atoms with Gasteiger partial charge in [-0.05, 0) is 38.8 Å². The van der Waals surface area contributed by atoms with E-state index in [-0.39, 0.29) is 5.91 Å². The Labute approximate surface area is 127 Å². The van der Waals surface area contributed by atoms with Crippen LogP contribution in [-0.2, 0) is 4.79 Å². The predicted molar refractivity (Wildman–Crippen MR) is 79.2 cm³/mol. The van der Waals surface area contributed by atoms with Crippen LogP contribution in [-0.4, -0.2) is 45.2 Å². The summed E-state index contributed by atoms with van der Waals surface area (Å²) in [5, 5.41) is 18.7. The molecule has 1 aliphatic heterocycles. The Balaban J connectivity index is 2.15. The number of likely N-dealkylation sites (tertiary alicyclic amines) is 1. The Morgan fingerprint density at radius 2 is 2.14 bits per heavy atom. The third-order valence-corrected chi connectivity index (χ3v) is 4.10. The number of thiophene rings is 1. The number of carbonyl (C=O) groups excluding carboxylic acids is 1. The van der Waals surface area contributed by atoms with Gasteiger partial charge in [0.2, 0.25) is 0 Å². The standard InChI is InChI=1S/C15H17NO4S/c1-15(2,20)8-7-10-5-6-12(21-10)13(17)16-9-3-4-11(16)14(18)19/h5-6,11,20H,3-4,9H2,1-2H3,(H,18,19)/t11-/m1/s1. The van der Waals surface area contributed by atoms with Crippen molar-refractivity contribution < 1.29 is 19.8 Å². The highest BCUT2D eigenvalue weighted by Crippen LogP contribution is 2.24. The van der Waals surface area contributed by atoms with E-state index in [1.165, 1.54) is 16.2 Å². The number of amides is 1. The average molecular weight is 307 g/mol. The summed E-state index contributed by atoms with van der Waals surface area (Å²) in [6.45, 7) is 3.64. The lowest BCUT2D eigenvalue weighted by Gasteiger charge is -2.20. The number of aliphatic hydroxyl groups is 1. The summed E-state index contributed by atoms with van der Waals surface area (Å²) in [5.41, 5.74) is -1.09. The van der Waals surface area contributed by atoms with Crippen molar-refractivity contribution in [3.05, 3.63) is 21.9 Å². The Kier molecular flexibility index (Phi) is 4.35. The van der Waals surface area contributed by atoms with Crippen LogP contribution in [0.25, 0.3) is 0 Å². The molecule has 1 fully saturated rings. The van der Waals surface area contributed by atoms with Crippen molar-refractivity contribution in [2.75, 3.05) is 6.54 Å². The Morgan fingerprint density at radius 3 is 2.76 bits per heavy atom. The molecule has 2 N–H and O–H groups in total. The topological polar surface area (TPSA) is 77.8 Å². The van der Waals surface area contributed by atoms with Gasteiger partial charge in [0.25, 0.3) is 5.91 Å². The fourth-order valence-electron chi connectivity index (χ4n) is 2.14. The smallest absolute Gasteiger partial charge is 0.326 e. The van der Waals surface area contributed by atoms with Crippen LogP contribution in [0.4, 0.5) is 0 Å². The lowest BCUT2D eigenvalue weighted by Crippen LogP contribution is -2.40. The highest BCUT2D eigenvalue weighted by atomic mass is 32.1. The Morgan fingerprint density at radius 1 is 1.43 bits per heavy atom. The molecule has 2 rings (SSSR count). The first-order valence-corrected chi connectivity index (χ1v) is 7.49. The van der Waals surface area contributed by atoms with Crippen LogP contribution >= 0.6 is 11.3 Å². The monoisotopic (exact) mass is 307 g/mol. The van der Waals surface area contributed by atoms with Crippen molar-refractivity contribution in [2.24, 2.45) is 0 Å². The van der Waals surface area contributed by atoms with Crippen LogP contribution in [0.15, 0.2) is 12.1 Å². The molecule has 5 nitrogen and oxygen atoms in total. The number of carbonyl (C=O) groups is 2. The molecule has 1 aromatic rings. The zero-order valence-electron chi connectivity index (χ0n) is 11.9. The van der Waals surface area contributed by atoms with E-state index in [0.717, 1.165) is 0 Å². The van der Waals surface area contributed by atoms with Crippen LogP contribution in [0.3, 0.4) is 0 Å². The number of nitrogens with zero attached hydrogens (tertiary/aromatic N) is 1. The van der Waals surface area contributed by atoms with Crippen LogP contribution in [0, 0.1) is 11.8 Å². The van der Waals surface area contributed by atoms with Crippen molar-refractivity contribution in [2.45, 2.75) is 38.3 Å². The van der Waals surface area contributed by atoms with E-state index in [9.17, 15) is 14.7 Å². The van der Waals surface area contributed by atoms with Crippen molar-refractivity contribution >= 4 is 23.2 Å². The minimum Gasteiger partial charge on any atom is -0.480 e. The van der Waals surface area contributed by atoms with Gasteiger partial charge in [0.05, 0.1) is 9.75 Å². The van der Waals surface area contributed by atoms with Gasteiger partial charge in [-0.1, -0.05) is 11.8 Å². The molecule has 1 saturated heterocycles. The fraction of sp³-hybridized carbons (Fsp3) is 0.467. The zero-order chi connectivity index (χ0) is 15.6. The molecule has 21 heavy (non-hydrogen) atoms. The summed E-state index contributed by atoms with van der Waals surface area (Å²) in [6, 6.07) is 2.63. The minimum atomic E-state index is -1.09. The molecule has 6 heteroatoms. The maximum absolute atomic E-state index is 12.4.